The average molecular weight is 221 g/mol. The Morgan fingerprint density at radius 3 is 2.88 bits per heavy atom. The molecule has 1 fully saturated rings. The number of benzene rings is 1. The maximum absolute atomic E-state index is 11.8. The van der Waals surface area contributed by atoms with Gasteiger partial charge in [-0.2, -0.15) is 0 Å². The molecule has 1 aromatic carbocycles. The normalized spacial score (nSPS) is 21.7. The summed E-state index contributed by atoms with van der Waals surface area (Å²) in [6, 6.07) is 9.05. The van der Waals surface area contributed by atoms with Crippen LogP contribution < -0.4 is 10.1 Å². The summed E-state index contributed by atoms with van der Waals surface area (Å²) < 4.78 is 10.6. The molecule has 1 aromatic rings. The Labute approximate surface area is 94.6 Å². The minimum absolute atomic E-state index is 0.226. The van der Waals surface area contributed by atoms with Gasteiger partial charge in [0.15, 0.2) is 0 Å². The zero-order chi connectivity index (χ0) is 11.4. The minimum atomic E-state index is -0.303. The predicted octanol–water partition coefficient (Wildman–Crippen LogP) is 1.17. The predicted molar refractivity (Wildman–Crippen MR) is 59.0 cm³/mol. The molecule has 0 amide bonds. The Balaban J connectivity index is 1.92. The van der Waals surface area contributed by atoms with Gasteiger partial charge in [0.2, 0.25) is 0 Å². The largest absolute Gasteiger partial charge is 0.426 e. The van der Waals surface area contributed by atoms with E-state index in [9.17, 15) is 4.79 Å². The molecule has 0 bridgehead atoms. The van der Waals surface area contributed by atoms with Gasteiger partial charge in [-0.25, -0.2) is 0 Å². The lowest BCUT2D eigenvalue weighted by molar-refractivity contribution is -0.142. The van der Waals surface area contributed by atoms with Crippen LogP contribution in [-0.2, 0) is 9.53 Å². The highest BCUT2D eigenvalue weighted by Gasteiger charge is 2.28. The molecule has 4 nitrogen and oxygen atoms in total. The van der Waals surface area contributed by atoms with Crippen LogP contribution in [-0.4, -0.2) is 25.3 Å². The third-order valence-electron chi connectivity index (χ3n) is 2.53. The van der Waals surface area contributed by atoms with Gasteiger partial charge in [-0.1, -0.05) is 18.2 Å². The van der Waals surface area contributed by atoms with Crippen molar-refractivity contribution in [1.82, 2.24) is 5.32 Å². The lowest BCUT2D eigenvalue weighted by Gasteiger charge is -2.17. The Morgan fingerprint density at radius 2 is 2.25 bits per heavy atom. The highest BCUT2D eigenvalue weighted by molar-refractivity contribution is 5.75. The van der Waals surface area contributed by atoms with Crippen LogP contribution in [0.4, 0.5) is 0 Å². The molecule has 0 radical (unpaired) electrons. The van der Waals surface area contributed by atoms with Crippen LogP contribution in [0.2, 0.25) is 0 Å². The Kier molecular flexibility index (Phi) is 3.54. The second kappa shape index (κ2) is 5.09. The SMILES string of the molecule is CC(C(=O)Oc1ccccc1)C1NCCO1. The van der Waals surface area contributed by atoms with Crippen molar-refractivity contribution in [3.63, 3.8) is 0 Å². The van der Waals surface area contributed by atoms with Gasteiger partial charge in [0.25, 0.3) is 0 Å². The summed E-state index contributed by atoms with van der Waals surface area (Å²) in [5.41, 5.74) is 0. The van der Waals surface area contributed by atoms with Crippen LogP contribution in [0.3, 0.4) is 0 Å². The number of ether oxygens (including phenoxy) is 2. The van der Waals surface area contributed by atoms with E-state index < -0.39 is 0 Å². The van der Waals surface area contributed by atoms with E-state index in [0.717, 1.165) is 6.54 Å². The van der Waals surface area contributed by atoms with Gasteiger partial charge >= 0.3 is 5.97 Å². The van der Waals surface area contributed by atoms with E-state index in [1.54, 1.807) is 19.1 Å². The fourth-order valence-corrected chi connectivity index (χ4v) is 1.59. The quantitative estimate of drug-likeness (QED) is 0.615. The Bertz CT molecular complexity index is 347. The molecule has 1 N–H and O–H groups in total. The molecule has 4 heteroatoms. The van der Waals surface area contributed by atoms with Crippen molar-refractivity contribution in [2.24, 2.45) is 5.92 Å². The third kappa shape index (κ3) is 2.59. The van der Waals surface area contributed by atoms with Crippen molar-refractivity contribution >= 4 is 5.97 Å². The molecular weight excluding hydrogens is 206 g/mol. The highest BCUT2D eigenvalue weighted by atomic mass is 16.5. The first-order valence-electron chi connectivity index (χ1n) is 5.39. The average Bonchev–Trinajstić information content (AvgIpc) is 2.83. The maximum Gasteiger partial charge on any atom is 0.318 e. The summed E-state index contributed by atoms with van der Waals surface area (Å²) in [6.07, 6.45) is -0.226. The molecular formula is C12H15NO3. The van der Waals surface area contributed by atoms with Crippen molar-refractivity contribution in [2.75, 3.05) is 13.2 Å². The van der Waals surface area contributed by atoms with E-state index in [-0.39, 0.29) is 18.1 Å². The van der Waals surface area contributed by atoms with Gasteiger partial charge in [-0.3, -0.25) is 10.1 Å². The second-order valence-electron chi connectivity index (χ2n) is 3.77. The molecule has 0 aromatic heterocycles. The standard InChI is InChI=1S/C12H15NO3/c1-9(11-13-7-8-15-11)12(14)16-10-5-3-2-4-6-10/h2-6,9,11,13H,7-8H2,1H3. The number of esters is 1. The Morgan fingerprint density at radius 1 is 1.50 bits per heavy atom. The van der Waals surface area contributed by atoms with Gasteiger partial charge < -0.3 is 9.47 Å². The fourth-order valence-electron chi connectivity index (χ4n) is 1.59. The van der Waals surface area contributed by atoms with Crippen LogP contribution in [0, 0.1) is 5.92 Å². The molecule has 16 heavy (non-hydrogen) atoms. The first-order chi connectivity index (χ1) is 7.77. The van der Waals surface area contributed by atoms with Crippen molar-refractivity contribution in [3.8, 4) is 5.75 Å². The number of carbonyl (C=O) groups is 1. The van der Waals surface area contributed by atoms with Crippen molar-refractivity contribution in [2.45, 2.75) is 13.2 Å². The molecule has 2 atom stereocenters. The van der Waals surface area contributed by atoms with E-state index in [4.69, 9.17) is 9.47 Å². The van der Waals surface area contributed by atoms with Crippen LogP contribution in [0.25, 0.3) is 0 Å². The molecule has 86 valence electrons. The monoisotopic (exact) mass is 221 g/mol. The summed E-state index contributed by atoms with van der Waals surface area (Å²) in [4.78, 5) is 11.8. The molecule has 1 heterocycles. The summed E-state index contributed by atoms with van der Waals surface area (Å²) in [5, 5.41) is 3.10. The number of nitrogens with one attached hydrogen (secondary N) is 1. The summed E-state index contributed by atoms with van der Waals surface area (Å²) in [7, 11) is 0. The zero-order valence-corrected chi connectivity index (χ0v) is 9.18. The summed E-state index contributed by atoms with van der Waals surface area (Å²) in [5.74, 6) is -0.00865. The van der Waals surface area contributed by atoms with Crippen LogP contribution in [0.5, 0.6) is 5.75 Å². The number of rotatable bonds is 3. The van der Waals surface area contributed by atoms with Gasteiger partial charge in [0.05, 0.1) is 12.5 Å². The number of carbonyl (C=O) groups excluding carboxylic acids is 1. The number of para-hydroxylation sites is 1. The number of hydrogen-bond donors (Lipinski definition) is 1. The lowest BCUT2D eigenvalue weighted by atomic mass is 10.1. The van der Waals surface area contributed by atoms with Gasteiger partial charge in [0, 0.05) is 6.54 Å². The van der Waals surface area contributed by atoms with Crippen molar-refractivity contribution in [1.29, 1.82) is 0 Å². The van der Waals surface area contributed by atoms with E-state index in [2.05, 4.69) is 5.32 Å². The van der Waals surface area contributed by atoms with E-state index >= 15 is 0 Å². The molecule has 0 aliphatic carbocycles. The van der Waals surface area contributed by atoms with E-state index in [1.807, 2.05) is 18.2 Å². The lowest BCUT2D eigenvalue weighted by Crippen LogP contribution is -2.36. The first kappa shape index (κ1) is 11.1. The molecule has 1 aliphatic rings. The highest BCUT2D eigenvalue weighted by Crippen LogP contribution is 2.14. The first-order valence-corrected chi connectivity index (χ1v) is 5.39. The maximum atomic E-state index is 11.8. The molecule has 2 unspecified atom stereocenters. The van der Waals surface area contributed by atoms with Gasteiger partial charge in [-0.15, -0.1) is 0 Å². The smallest absolute Gasteiger partial charge is 0.318 e. The number of hydrogen-bond acceptors (Lipinski definition) is 4. The summed E-state index contributed by atoms with van der Waals surface area (Å²) >= 11 is 0. The topological polar surface area (TPSA) is 47.6 Å². The zero-order valence-electron chi connectivity index (χ0n) is 9.18. The van der Waals surface area contributed by atoms with E-state index in [1.165, 1.54) is 0 Å². The van der Waals surface area contributed by atoms with Crippen LogP contribution in [0.1, 0.15) is 6.92 Å². The minimum Gasteiger partial charge on any atom is -0.426 e. The molecule has 0 spiro atoms. The Hall–Kier alpha value is -1.39. The van der Waals surface area contributed by atoms with Crippen LogP contribution in [0.15, 0.2) is 30.3 Å². The molecule has 1 saturated heterocycles. The molecule has 0 saturated carbocycles. The van der Waals surface area contributed by atoms with Crippen molar-refractivity contribution in [3.05, 3.63) is 30.3 Å². The fraction of sp³-hybridized carbons (Fsp3) is 0.417. The summed E-state index contributed by atoms with van der Waals surface area (Å²) in [6.45, 7) is 3.23. The van der Waals surface area contributed by atoms with Crippen molar-refractivity contribution < 1.29 is 14.3 Å². The van der Waals surface area contributed by atoms with E-state index in [0.29, 0.717) is 12.4 Å². The molecule has 2 rings (SSSR count). The third-order valence-corrected chi connectivity index (χ3v) is 2.53. The molecule has 1 aliphatic heterocycles. The van der Waals surface area contributed by atoms with Gasteiger partial charge in [-0.05, 0) is 19.1 Å². The second-order valence-corrected chi connectivity index (χ2v) is 3.77. The van der Waals surface area contributed by atoms with Crippen LogP contribution >= 0.6 is 0 Å². The van der Waals surface area contributed by atoms with Gasteiger partial charge in [0.1, 0.15) is 12.0 Å².